The van der Waals surface area contributed by atoms with Gasteiger partial charge >= 0.3 is 0 Å². The number of benzene rings is 1. The molecule has 6 nitrogen and oxygen atoms in total. The first kappa shape index (κ1) is 17.6. The first-order valence-electron chi connectivity index (χ1n) is 9.14. The summed E-state index contributed by atoms with van der Waals surface area (Å²) in [5.74, 6) is 1.52. The Labute approximate surface area is 148 Å². The van der Waals surface area contributed by atoms with E-state index in [-0.39, 0.29) is 11.8 Å². The third-order valence-electron chi connectivity index (χ3n) is 4.54. The van der Waals surface area contributed by atoms with Gasteiger partial charge < -0.3 is 9.84 Å². The number of para-hydroxylation sites is 1. The molecule has 0 spiro atoms. The smallest absolute Gasteiger partial charge is 0.228 e. The molecular formula is C19H26N4O2. The molecule has 1 saturated heterocycles. The number of nitrogens with one attached hydrogen (secondary N) is 1. The predicted octanol–water partition coefficient (Wildman–Crippen LogP) is 3.26. The van der Waals surface area contributed by atoms with E-state index in [1.165, 1.54) is 0 Å². The standard InChI is InChI=1S/C19H26N4O2/c1-2-3-11-18-21-17(22-25-18)14-23-12-7-8-15(13-23)19(24)20-16-9-5-4-6-10-16/h4-6,9-10,15H,2-3,7-8,11-14H2,1H3,(H,20,24). The van der Waals surface area contributed by atoms with Crippen molar-refractivity contribution in [1.29, 1.82) is 0 Å². The van der Waals surface area contributed by atoms with Gasteiger partial charge in [0, 0.05) is 18.7 Å². The highest BCUT2D eigenvalue weighted by Gasteiger charge is 2.26. The van der Waals surface area contributed by atoms with Crippen molar-refractivity contribution in [1.82, 2.24) is 15.0 Å². The Morgan fingerprint density at radius 2 is 2.20 bits per heavy atom. The average Bonchev–Trinajstić information content (AvgIpc) is 3.08. The van der Waals surface area contributed by atoms with Gasteiger partial charge in [0.25, 0.3) is 0 Å². The zero-order valence-electron chi connectivity index (χ0n) is 14.8. The first-order chi connectivity index (χ1) is 12.2. The monoisotopic (exact) mass is 342 g/mol. The van der Waals surface area contributed by atoms with Crippen LogP contribution in [0.2, 0.25) is 0 Å². The molecule has 2 heterocycles. The molecule has 3 rings (SSSR count). The van der Waals surface area contributed by atoms with E-state index in [2.05, 4.69) is 27.3 Å². The second-order valence-corrected chi connectivity index (χ2v) is 6.64. The molecule has 1 amide bonds. The number of carbonyl (C=O) groups excluding carboxylic acids is 1. The number of anilines is 1. The van der Waals surface area contributed by atoms with Crippen molar-refractivity contribution in [3.05, 3.63) is 42.0 Å². The minimum absolute atomic E-state index is 0.000388. The van der Waals surface area contributed by atoms with Crippen LogP contribution in [-0.4, -0.2) is 34.0 Å². The Morgan fingerprint density at radius 3 is 3.00 bits per heavy atom. The summed E-state index contributed by atoms with van der Waals surface area (Å²) in [6.07, 6.45) is 4.94. The lowest BCUT2D eigenvalue weighted by atomic mass is 9.97. The van der Waals surface area contributed by atoms with Crippen molar-refractivity contribution in [2.45, 2.75) is 45.6 Å². The molecule has 0 aliphatic carbocycles. The molecule has 2 aromatic rings. The Balaban J connectivity index is 1.52. The third-order valence-corrected chi connectivity index (χ3v) is 4.54. The first-order valence-corrected chi connectivity index (χ1v) is 9.14. The van der Waals surface area contributed by atoms with Gasteiger partial charge in [-0.25, -0.2) is 0 Å². The topological polar surface area (TPSA) is 71.3 Å². The van der Waals surface area contributed by atoms with Crippen molar-refractivity contribution < 1.29 is 9.32 Å². The van der Waals surface area contributed by atoms with E-state index < -0.39 is 0 Å². The summed E-state index contributed by atoms with van der Waals surface area (Å²) >= 11 is 0. The number of aromatic nitrogens is 2. The van der Waals surface area contributed by atoms with Crippen molar-refractivity contribution >= 4 is 11.6 Å². The number of likely N-dealkylation sites (tertiary alicyclic amines) is 1. The number of unbranched alkanes of at least 4 members (excludes halogenated alkanes) is 1. The Morgan fingerprint density at radius 1 is 1.36 bits per heavy atom. The highest BCUT2D eigenvalue weighted by molar-refractivity contribution is 5.92. The summed E-state index contributed by atoms with van der Waals surface area (Å²) in [4.78, 5) is 19.2. The summed E-state index contributed by atoms with van der Waals surface area (Å²) in [5, 5.41) is 7.08. The minimum atomic E-state index is 0.000388. The lowest BCUT2D eigenvalue weighted by Crippen LogP contribution is -2.40. The van der Waals surface area contributed by atoms with Crippen LogP contribution in [0.15, 0.2) is 34.9 Å². The molecule has 1 aliphatic heterocycles. The second-order valence-electron chi connectivity index (χ2n) is 6.64. The van der Waals surface area contributed by atoms with Gasteiger partial charge in [-0.05, 0) is 37.9 Å². The van der Waals surface area contributed by atoms with E-state index >= 15 is 0 Å². The van der Waals surface area contributed by atoms with Gasteiger partial charge in [0.1, 0.15) is 0 Å². The average molecular weight is 342 g/mol. The minimum Gasteiger partial charge on any atom is -0.339 e. The van der Waals surface area contributed by atoms with Crippen molar-refractivity contribution in [3.8, 4) is 0 Å². The van der Waals surface area contributed by atoms with Crippen molar-refractivity contribution in [2.24, 2.45) is 5.92 Å². The normalized spacial score (nSPS) is 18.2. The van der Waals surface area contributed by atoms with Gasteiger partial charge in [0.05, 0.1) is 12.5 Å². The number of piperidine rings is 1. The highest BCUT2D eigenvalue weighted by atomic mass is 16.5. The van der Waals surface area contributed by atoms with Gasteiger partial charge in [-0.2, -0.15) is 4.98 Å². The summed E-state index contributed by atoms with van der Waals surface area (Å²) in [6, 6.07) is 9.62. The van der Waals surface area contributed by atoms with Crippen LogP contribution in [0, 0.1) is 5.92 Å². The molecule has 6 heteroatoms. The molecule has 1 unspecified atom stereocenters. The number of carbonyl (C=O) groups is 1. The summed E-state index contributed by atoms with van der Waals surface area (Å²) in [5.41, 5.74) is 0.850. The third kappa shape index (κ3) is 5.13. The highest BCUT2D eigenvalue weighted by Crippen LogP contribution is 2.20. The van der Waals surface area contributed by atoms with Gasteiger partial charge in [0.15, 0.2) is 5.82 Å². The summed E-state index contributed by atoms with van der Waals surface area (Å²) in [7, 11) is 0. The maximum atomic E-state index is 12.5. The van der Waals surface area contributed by atoms with E-state index in [9.17, 15) is 4.79 Å². The molecule has 134 valence electrons. The lowest BCUT2D eigenvalue weighted by Gasteiger charge is -2.31. The number of rotatable bonds is 7. The van der Waals surface area contributed by atoms with Crippen molar-refractivity contribution in [3.63, 3.8) is 0 Å². The largest absolute Gasteiger partial charge is 0.339 e. The number of nitrogens with zero attached hydrogens (tertiary/aromatic N) is 3. The molecular weight excluding hydrogens is 316 g/mol. The van der Waals surface area contributed by atoms with Crippen molar-refractivity contribution in [2.75, 3.05) is 18.4 Å². The van der Waals surface area contributed by atoms with Crippen LogP contribution >= 0.6 is 0 Å². The van der Waals surface area contributed by atoms with Crippen LogP contribution in [0.4, 0.5) is 5.69 Å². The van der Waals surface area contributed by atoms with Crippen LogP contribution in [0.1, 0.15) is 44.3 Å². The predicted molar refractivity (Wildman–Crippen MR) is 96.0 cm³/mol. The molecule has 1 aliphatic rings. The van der Waals surface area contributed by atoms with E-state index in [1.54, 1.807) is 0 Å². The van der Waals surface area contributed by atoms with E-state index in [4.69, 9.17) is 4.52 Å². The molecule has 1 atom stereocenters. The van der Waals surface area contributed by atoms with Crippen LogP contribution in [-0.2, 0) is 17.8 Å². The Bertz CT molecular complexity index is 671. The van der Waals surface area contributed by atoms with E-state index in [0.29, 0.717) is 12.4 Å². The number of aryl methyl sites for hydroxylation is 1. The number of hydrogen-bond donors (Lipinski definition) is 1. The molecule has 1 aromatic carbocycles. The Kier molecular flexibility index (Phi) is 6.17. The van der Waals surface area contributed by atoms with E-state index in [0.717, 1.165) is 56.7 Å². The van der Waals surface area contributed by atoms with Crippen LogP contribution in [0.3, 0.4) is 0 Å². The maximum Gasteiger partial charge on any atom is 0.228 e. The molecule has 0 radical (unpaired) electrons. The van der Waals surface area contributed by atoms with Gasteiger partial charge in [-0.3, -0.25) is 9.69 Å². The molecule has 25 heavy (non-hydrogen) atoms. The fraction of sp³-hybridized carbons (Fsp3) is 0.526. The number of hydrogen-bond acceptors (Lipinski definition) is 5. The van der Waals surface area contributed by atoms with Gasteiger partial charge in [-0.1, -0.05) is 36.7 Å². The van der Waals surface area contributed by atoms with Crippen LogP contribution in [0.25, 0.3) is 0 Å². The molecule has 0 saturated carbocycles. The van der Waals surface area contributed by atoms with Gasteiger partial charge in [0.2, 0.25) is 11.8 Å². The van der Waals surface area contributed by atoms with Gasteiger partial charge in [-0.15, -0.1) is 0 Å². The Hall–Kier alpha value is -2.21. The molecule has 1 N–H and O–H groups in total. The SMILES string of the molecule is CCCCc1nc(CN2CCCC(C(=O)Nc3ccccc3)C2)no1. The zero-order chi connectivity index (χ0) is 17.5. The summed E-state index contributed by atoms with van der Waals surface area (Å²) in [6.45, 7) is 4.49. The zero-order valence-corrected chi connectivity index (χ0v) is 14.8. The molecule has 1 aromatic heterocycles. The fourth-order valence-electron chi connectivity index (χ4n) is 3.16. The van der Waals surface area contributed by atoms with Crippen LogP contribution in [0.5, 0.6) is 0 Å². The maximum absolute atomic E-state index is 12.5. The quantitative estimate of drug-likeness (QED) is 0.836. The molecule has 0 bridgehead atoms. The second kappa shape index (κ2) is 8.76. The summed E-state index contributed by atoms with van der Waals surface area (Å²) < 4.78 is 5.29. The fourth-order valence-corrected chi connectivity index (χ4v) is 3.16. The number of amides is 1. The lowest BCUT2D eigenvalue weighted by molar-refractivity contribution is -0.121. The molecule has 1 fully saturated rings. The van der Waals surface area contributed by atoms with E-state index in [1.807, 2.05) is 30.3 Å². The van der Waals surface area contributed by atoms with Crippen LogP contribution < -0.4 is 5.32 Å².